The van der Waals surface area contributed by atoms with Crippen LogP contribution < -0.4 is 21.0 Å². The number of anilines is 1. The molecule has 0 spiro atoms. The average Bonchev–Trinajstić information content (AvgIpc) is 3.48. The second-order valence-electron chi connectivity index (χ2n) is 7.55. The van der Waals surface area contributed by atoms with Gasteiger partial charge in [0.15, 0.2) is 6.17 Å². The number of H-pyrrole nitrogens is 1. The minimum atomic E-state index is -0.156. The first-order valence-electron chi connectivity index (χ1n) is 10.2. The molecule has 1 fully saturated rings. The van der Waals surface area contributed by atoms with Crippen molar-refractivity contribution in [3.63, 3.8) is 0 Å². The monoisotopic (exact) mass is 406 g/mol. The highest BCUT2D eigenvalue weighted by Crippen LogP contribution is 2.30. The highest BCUT2D eigenvalue weighted by molar-refractivity contribution is 6.06. The summed E-state index contributed by atoms with van der Waals surface area (Å²) in [5, 5.41) is 12.7. The Labute approximate surface area is 174 Å². The molecule has 0 aliphatic carbocycles. The molecule has 5 heterocycles. The predicted octanol–water partition coefficient (Wildman–Crippen LogP) is 0.0501. The predicted molar refractivity (Wildman–Crippen MR) is 115 cm³/mol. The second kappa shape index (κ2) is 7.88. The molecule has 0 bridgehead atoms. The van der Waals surface area contributed by atoms with Crippen LogP contribution in [-0.2, 0) is 6.42 Å². The lowest BCUT2D eigenvalue weighted by Gasteiger charge is -2.42. The van der Waals surface area contributed by atoms with Crippen LogP contribution in [0.1, 0.15) is 23.0 Å². The molecule has 0 radical (unpaired) electrons. The first kappa shape index (κ1) is 18.8. The van der Waals surface area contributed by atoms with Crippen molar-refractivity contribution in [2.75, 3.05) is 43.1 Å². The van der Waals surface area contributed by atoms with Gasteiger partial charge in [-0.05, 0) is 25.1 Å². The summed E-state index contributed by atoms with van der Waals surface area (Å²) < 4.78 is 2.16. The molecule has 0 aromatic carbocycles. The number of aromatic nitrogens is 5. The van der Waals surface area contributed by atoms with Gasteiger partial charge in [-0.15, -0.1) is 0 Å². The van der Waals surface area contributed by atoms with Gasteiger partial charge in [-0.25, -0.2) is 9.97 Å². The normalized spacial score (nSPS) is 21.5. The summed E-state index contributed by atoms with van der Waals surface area (Å²) in [6.45, 7) is 3.08. The van der Waals surface area contributed by atoms with Gasteiger partial charge in [-0.2, -0.15) is 5.10 Å². The van der Waals surface area contributed by atoms with Crippen molar-refractivity contribution < 1.29 is 0 Å². The molecule has 10 nitrogen and oxygen atoms in total. The van der Waals surface area contributed by atoms with Crippen LogP contribution >= 0.6 is 0 Å². The number of hydrogen-bond donors (Lipinski definition) is 3. The summed E-state index contributed by atoms with van der Waals surface area (Å²) >= 11 is 0. The van der Waals surface area contributed by atoms with Gasteiger partial charge < -0.3 is 16.0 Å². The Morgan fingerprint density at radius 1 is 1.30 bits per heavy atom. The SMILES string of the molecule is CN1C(c2cn[nH]c2)N=C(C2CNCCN2c2ncncc2CCN)c2cccn21. The molecule has 2 unspecified atom stereocenters. The number of nitrogens with two attached hydrogens (primary N) is 1. The van der Waals surface area contributed by atoms with E-state index in [4.69, 9.17) is 10.7 Å². The van der Waals surface area contributed by atoms with E-state index in [1.54, 1.807) is 6.33 Å². The Balaban J connectivity index is 1.59. The van der Waals surface area contributed by atoms with Gasteiger partial charge in [-0.1, -0.05) is 0 Å². The van der Waals surface area contributed by atoms with E-state index < -0.39 is 0 Å². The van der Waals surface area contributed by atoms with E-state index in [2.05, 4.69) is 58.4 Å². The van der Waals surface area contributed by atoms with Crippen molar-refractivity contribution in [2.24, 2.45) is 10.7 Å². The van der Waals surface area contributed by atoms with Crippen LogP contribution in [0.4, 0.5) is 5.82 Å². The van der Waals surface area contributed by atoms with Gasteiger partial charge in [-0.3, -0.25) is 19.8 Å². The highest BCUT2D eigenvalue weighted by atomic mass is 15.6. The summed E-state index contributed by atoms with van der Waals surface area (Å²) in [4.78, 5) is 16.4. The zero-order valence-corrected chi connectivity index (χ0v) is 16.9. The largest absolute Gasteiger partial charge is 0.345 e. The lowest BCUT2D eigenvalue weighted by Crippen LogP contribution is -2.57. The molecule has 0 amide bonds. The molecular weight excluding hydrogens is 380 g/mol. The number of piperazine rings is 1. The standard InChI is InChI=1S/C20H26N10/c1-28-20(15-10-25-26-11-15)27-18(16-3-2-7-30(16)28)17-12-22-6-8-29(17)19-14(4-5-21)9-23-13-24-19/h2-3,7,9-11,13,17,20,22H,4-6,8,12,21H2,1H3,(H,25,26). The van der Waals surface area contributed by atoms with Crippen molar-refractivity contribution in [1.29, 1.82) is 0 Å². The van der Waals surface area contributed by atoms with Crippen molar-refractivity contribution in [1.82, 2.24) is 30.2 Å². The molecule has 3 aromatic rings. The summed E-state index contributed by atoms with van der Waals surface area (Å²) in [7, 11) is 2.04. The molecular formula is C20H26N10. The molecule has 10 heteroatoms. The maximum absolute atomic E-state index is 5.85. The number of aliphatic imine (C=N–C) groups is 1. The minimum absolute atomic E-state index is 0.0434. The summed E-state index contributed by atoms with van der Waals surface area (Å²) in [6.07, 6.45) is 9.88. The van der Waals surface area contributed by atoms with Crippen LogP contribution in [-0.4, -0.2) is 69.8 Å². The summed E-state index contributed by atoms with van der Waals surface area (Å²) in [6, 6.07) is 4.22. The number of nitrogens with zero attached hydrogens (tertiary/aromatic N) is 7. The maximum atomic E-state index is 5.85. The Morgan fingerprint density at radius 2 is 2.23 bits per heavy atom. The van der Waals surface area contributed by atoms with Crippen molar-refractivity contribution in [3.8, 4) is 0 Å². The molecule has 2 atom stereocenters. The fourth-order valence-electron chi connectivity index (χ4n) is 4.34. The number of fused-ring (bicyclic) bond motifs is 1. The van der Waals surface area contributed by atoms with Gasteiger partial charge in [0.05, 0.1) is 23.6 Å². The maximum Gasteiger partial charge on any atom is 0.164 e. The van der Waals surface area contributed by atoms with Crippen molar-refractivity contribution in [2.45, 2.75) is 18.6 Å². The number of aromatic amines is 1. The zero-order chi connectivity index (χ0) is 20.5. The van der Waals surface area contributed by atoms with Crippen LogP contribution in [0, 0.1) is 0 Å². The molecule has 2 aliphatic heterocycles. The third-order valence-corrected chi connectivity index (χ3v) is 5.77. The van der Waals surface area contributed by atoms with Crippen molar-refractivity contribution in [3.05, 3.63) is 60.1 Å². The topological polar surface area (TPSA) is 116 Å². The van der Waals surface area contributed by atoms with Gasteiger partial charge in [0.1, 0.15) is 12.1 Å². The molecule has 5 rings (SSSR count). The van der Waals surface area contributed by atoms with E-state index in [0.717, 1.165) is 54.4 Å². The Hall–Kier alpha value is -3.24. The Morgan fingerprint density at radius 3 is 3.07 bits per heavy atom. The van der Waals surface area contributed by atoms with Crippen LogP contribution in [0.15, 0.2) is 48.2 Å². The van der Waals surface area contributed by atoms with Crippen molar-refractivity contribution >= 4 is 11.5 Å². The van der Waals surface area contributed by atoms with Gasteiger partial charge in [0, 0.05) is 56.4 Å². The van der Waals surface area contributed by atoms with Crippen LogP contribution in [0.2, 0.25) is 0 Å². The molecule has 30 heavy (non-hydrogen) atoms. The molecule has 2 aliphatic rings. The molecule has 156 valence electrons. The third kappa shape index (κ3) is 3.14. The van der Waals surface area contributed by atoms with Gasteiger partial charge in [0.25, 0.3) is 0 Å². The molecule has 1 saturated heterocycles. The number of hydrogen-bond acceptors (Lipinski definition) is 8. The minimum Gasteiger partial charge on any atom is -0.345 e. The first-order valence-corrected chi connectivity index (χ1v) is 10.2. The molecule has 0 saturated carbocycles. The van der Waals surface area contributed by atoms with Crippen LogP contribution in [0.5, 0.6) is 0 Å². The van der Waals surface area contributed by atoms with E-state index in [1.807, 2.05) is 25.6 Å². The fourth-order valence-corrected chi connectivity index (χ4v) is 4.34. The van der Waals surface area contributed by atoms with E-state index in [9.17, 15) is 0 Å². The lowest BCUT2D eigenvalue weighted by atomic mass is 10.0. The quantitative estimate of drug-likeness (QED) is 0.548. The van der Waals surface area contributed by atoms with E-state index in [1.165, 1.54) is 0 Å². The van der Waals surface area contributed by atoms with Gasteiger partial charge in [0.2, 0.25) is 0 Å². The summed E-state index contributed by atoms with van der Waals surface area (Å²) in [5.74, 6) is 0.946. The van der Waals surface area contributed by atoms with Crippen LogP contribution in [0.25, 0.3) is 0 Å². The van der Waals surface area contributed by atoms with E-state index in [0.29, 0.717) is 6.54 Å². The van der Waals surface area contributed by atoms with E-state index in [-0.39, 0.29) is 12.2 Å². The smallest absolute Gasteiger partial charge is 0.164 e. The second-order valence-corrected chi connectivity index (χ2v) is 7.55. The number of rotatable bonds is 5. The lowest BCUT2D eigenvalue weighted by molar-refractivity contribution is 0.501. The fraction of sp³-hybridized carbons (Fsp3) is 0.400. The zero-order valence-electron chi connectivity index (χ0n) is 16.9. The highest BCUT2D eigenvalue weighted by Gasteiger charge is 2.35. The average molecular weight is 406 g/mol. The van der Waals surface area contributed by atoms with E-state index >= 15 is 0 Å². The Kier molecular flexibility index (Phi) is 4.93. The van der Waals surface area contributed by atoms with Crippen LogP contribution in [0.3, 0.4) is 0 Å². The first-order chi connectivity index (χ1) is 14.8. The molecule has 3 aromatic heterocycles. The molecule has 4 N–H and O–H groups in total. The summed E-state index contributed by atoms with van der Waals surface area (Å²) in [5.41, 5.74) is 10.1. The number of nitrogens with one attached hydrogen (secondary N) is 2. The third-order valence-electron chi connectivity index (χ3n) is 5.77. The van der Waals surface area contributed by atoms with Gasteiger partial charge >= 0.3 is 0 Å². The Bertz CT molecular complexity index is 1020.